The van der Waals surface area contributed by atoms with Crippen molar-refractivity contribution in [1.29, 1.82) is 0 Å². The Hall–Kier alpha value is -0.0800. The van der Waals surface area contributed by atoms with E-state index in [2.05, 4.69) is 37.9 Å². The van der Waals surface area contributed by atoms with Crippen LogP contribution >= 0.6 is 0 Å². The van der Waals surface area contributed by atoms with Crippen LogP contribution in [0.4, 0.5) is 0 Å². The number of nitrogens with one attached hydrogen (secondary N) is 1. The van der Waals surface area contributed by atoms with E-state index < -0.39 is 0 Å². The zero-order valence-corrected chi connectivity index (χ0v) is 11.6. The Kier molecular flexibility index (Phi) is 6.37. The standard InChI is InChI=1S/C14H30N2/c1-12(2)14(4)15-9-11-16-10-7-5-6-8-13(16)3/h12-15H,5-11H2,1-4H3. The Balaban J connectivity index is 2.20. The van der Waals surface area contributed by atoms with Crippen molar-refractivity contribution < 1.29 is 0 Å². The van der Waals surface area contributed by atoms with Crippen molar-refractivity contribution in [2.75, 3.05) is 19.6 Å². The van der Waals surface area contributed by atoms with Crippen molar-refractivity contribution in [2.24, 2.45) is 5.92 Å². The third-order valence-electron chi connectivity index (χ3n) is 4.06. The summed E-state index contributed by atoms with van der Waals surface area (Å²) in [6, 6.07) is 1.43. The van der Waals surface area contributed by atoms with Gasteiger partial charge in [0.05, 0.1) is 0 Å². The molecule has 0 aromatic heterocycles. The van der Waals surface area contributed by atoms with Gasteiger partial charge >= 0.3 is 0 Å². The van der Waals surface area contributed by atoms with Gasteiger partial charge in [-0.15, -0.1) is 0 Å². The molecule has 2 heteroatoms. The summed E-state index contributed by atoms with van der Waals surface area (Å²) in [6.45, 7) is 12.9. The fourth-order valence-corrected chi connectivity index (χ4v) is 2.34. The lowest BCUT2D eigenvalue weighted by Crippen LogP contribution is -2.41. The second-order valence-electron chi connectivity index (χ2n) is 5.72. The summed E-state index contributed by atoms with van der Waals surface area (Å²) >= 11 is 0. The van der Waals surface area contributed by atoms with Gasteiger partial charge in [-0.05, 0) is 39.2 Å². The fourth-order valence-electron chi connectivity index (χ4n) is 2.34. The zero-order chi connectivity index (χ0) is 12.0. The van der Waals surface area contributed by atoms with Crippen molar-refractivity contribution in [3.05, 3.63) is 0 Å². The Labute approximate surface area is 102 Å². The van der Waals surface area contributed by atoms with E-state index in [9.17, 15) is 0 Å². The lowest BCUT2D eigenvalue weighted by Gasteiger charge is -2.28. The van der Waals surface area contributed by atoms with E-state index >= 15 is 0 Å². The van der Waals surface area contributed by atoms with Crippen molar-refractivity contribution in [3.8, 4) is 0 Å². The van der Waals surface area contributed by atoms with Crippen molar-refractivity contribution in [3.63, 3.8) is 0 Å². The van der Waals surface area contributed by atoms with Gasteiger partial charge in [0.25, 0.3) is 0 Å². The predicted molar refractivity (Wildman–Crippen MR) is 71.8 cm³/mol. The smallest absolute Gasteiger partial charge is 0.0110 e. The van der Waals surface area contributed by atoms with Gasteiger partial charge in [-0.1, -0.05) is 26.7 Å². The topological polar surface area (TPSA) is 15.3 Å². The maximum Gasteiger partial charge on any atom is 0.0110 e. The number of hydrogen-bond acceptors (Lipinski definition) is 2. The lowest BCUT2D eigenvalue weighted by atomic mass is 10.1. The van der Waals surface area contributed by atoms with Crippen LogP contribution < -0.4 is 5.32 Å². The van der Waals surface area contributed by atoms with Crippen LogP contribution in [-0.2, 0) is 0 Å². The minimum absolute atomic E-state index is 0.641. The lowest BCUT2D eigenvalue weighted by molar-refractivity contribution is 0.209. The van der Waals surface area contributed by atoms with Crippen LogP contribution in [0.1, 0.15) is 53.4 Å². The summed E-state index contributed by atoms with van der Waals surface area (Å²) in [5.41, 5.74) is 0. The molecule has 16 heavy (non-hydrogen) atoms. The quantitative estimate of drug-likeness (QED) is 0.775. The molecule has 2 nitrogen and oxygen atoms in total. The number of likely N-dealkylation sites (tertiary alicyclic amines) is 1. The molecule has 1 fully saturated rings. The van der Waals surface area contributed by atoms with Crippen LogP contribution in [0.15, 0.2) is 0 Å². The molecule has 0 spiro atoms. The van der Waals surface area contributed by atoms with Gasteiger partial charge < -0.3 is 5.32 Å². The average molecular weight is 226 g/mol. The molecule has 0 aliphatic carbocycles. The summed E-state index contributed by atoms with van der Waals surface area (Å²) in [6.07, 6.45) is 5.63. The van der Waals surface area contributed by atoms with Gasteiger partial charge in [-0.25, -0.2) is 0 Å². The molecular formula is C14H30N2. The van der Waals surface area contributed by atoms with E-state index in [1.54, 1.807) is 0 Å². The van der Waals surface area contributed by atoms with E-state index in [0.717, 1.165) is 18.5 Å². The van der Waals surface area contributed by atoms with Gasteiger partial charge in [-0.3, -0.25) is 4.90 Å². The van der Waals surface area contributed by atoms with Crippen molar-refractivity contribution in [2.45, 2.75) is 65.5 Å². The van der Waals surface area contributed by atoms with Crippen LogP contribution in [-0.4, -0.2) is 36.6 Å². The normalized spacial score (nSPS) is 25.7. The Morgan fingerprint density at radius 1 is 1.19 bits per heavy atom. The third-order valence-corrected chi connectivity index (χ3v) is 4.06. The van der Waals surface area contributed by atoms with E-state index in [4.69, 9.17) is 0 Å². The molecule has 0 amide bonds. The highest BCUT2D eigenvalue weighted by Crippen LogP contribution is 2.15. The first-order chi connectivity index (χ1) is 7.61. The minimum Gasteiger partial charge on any atom is -0.313 e. The van der Waals surface area contributed by atoms with Gasteiger partial charge in [0.15, 0.2) is 0 Å². The molecule has 1 heterocycles. The highest BCUT2D eigenvalue weighted by Gasteiger charge is 2.16. The van der Waals surface area contributed by atoms with Crippen molar-refractivity contribution in [1.82, 2.24) is 10.2 Å². The highest BCUT2D eigenvalue weighted by molar-refractivity contribution is 4.73. The van der Waals surface area contributed by atoms with Crippen LogP contribution in [0.2, 0.25) is 0 Å². The molecule has 2 atom stereocenters. The second-order valence-corrected chi connectivity index (χ2v) is 5.72. The highest BCUT2D eigenvalue weighted by atomic mass is 15.2. The van der Waals surface area contributed by atoms with Crippen LogP contribution in [0.5, 0.6) is 0 Å². The first-order valence-corrected chi connectivity index (χ1v) is 7.08. The summed E-state index contributed by atoms with van der Waals surface area (Å²) < 4.78 is 0. The molecule has 0 radical (unpaired) electrons. The number of rotatable bonds is 5. The van der Waals surface area contributed by atoms with E-state index in [0.29, 0.717) is 6.04 Å². The Bertz CT molecular complexity index is 180. The monoisotopic (exact) mass is 226 g/mol. The zero-order valence-electron chi connectivity index (χ0n) is 11.6. The SMILES string of the molecule is CC(C)C(C)NCCN1CCCCCC1C. The van der Waals surface area contributed by atoms with Crippen LogP contribution in [0.3, 0.4) is 0 Å². The molecular weight excluding hydrogens is 196 g/mol. The minimum atomic E-state index is 0.641. The summed E-state index contributed by atoms with van der Waals surface area (Å²) in [5.74, 6) is 0.738. The molecule has 0 aromatic carbocycles. The maximum absolute atomic E-state index is 3.63. The van der Waals surface area contributed by atoms with Gasteiger partial charge in [0.2, 0.25) is 0 Å². The first kappa shape index (κ1) is 14.0. The second kappa shape index (κ2) is 7.29. The summed E-state index contributed by atoms with van der Waals surface area (Å²) in [5, 5.41) is 3.63. The fraction of sp³-hybridized carbons (Fsp3) is 1.00. The molecule has 1 rings (SSSR count). The maximum atomic E-state index is 3.63. The molecule has 1 N–H and O–H groups in total. The average Bonchev–Trinajstić information content (AvgIpc) is 2.44. The van der Waals surface area contributed by atoms with Gasteiger partial charge in [-0.2, -0.15) is 0 Å². The van der Waals surface area contributed by atoms with Crippen LogP contribution in [0, 0.1) is 5.92 Å². The molecule has 0 aromatic rings. The van der Waals surface area contributed by atoms with E-state index in [1.807, 2.05) is 0 Å². The number of nitrogens with zero attached hydrogens (tertiary/aromatic N) is 1. The molecule has 1 saturated heterocycles. The summed E-state index contributed by atoms with van der Waals surface area (Å²) in [7, 11) is 0. The third kappa shape index (κ3) is 4.84. The molecule has 1 aliphatic rings. The molecule has 1 aliphatic heterocycles. The Morgan fingerprint density at radius 3 is 2.62 bits per heavy atom. The van der Waals surface area contributed by atoms with Gasteiger partial charge in [0, 0.05) is 25.2 Å². The van der Waals surface area contributed by atoms with E-state index in [1.165, 1.54) is 38.8 Å². The molecule has 96 valence electrons. The van der Waals surface area contributed by atoms with E-state index in [-0.39, 0.29) is 0 Å². The molecule has 0 saturated carbocycles. The molecule has 2 unspecified atom stereocenters. The van der Waals surface area contributed by atoms with Gasteiger partial charge in [0.1, 0.15) is 0 Å². The van der Waals surface area contributed by atoms with Crippen LogP contribution in [0.25, 0.3) is 0 Å². The first-order valence-electron chi connectivity index (χ1n) is 7.08. The van der Waals surface area contributed by atoms with Crippen molar-refractivity contribution >= 4 is 0 Å². The summed E-state index contributed by atoms with van der Waals surface area (Å²) in [4.78, 5) is 2.66. The molecule has 0 bridgehead atoms. The largest absolute Gasteiger partial charge is 0.313 e. The Morgan fingerprint density at radius 2 is 1.94 bits per heavy atom. The number of hydrogen-bond donors (Lipinski definition) is 1. The predicted octanol–water partition coefficient (Wildman–Crippen LogP) is 2.89.